The Morgan fingerprint density at radius 2 is 0.592 bits per heavy atom. The van der Waals surface area contributed by atoms with Crippen molar-refractivity contribution in [1.29, 1.82) is 0 Å². The molecule has 5 atom stereocenters. The largest absolute Gasteiger partial charge is 0.330 e. The average molecular weight is 1810 g/mol. The van der Waals surface area contributed by atoms with E-state index in [1.165, 1.54) is 83.0 Å². The second kappa shape index (κ2) is 34.4. The summed E-state index contributed by atoms with van der Waals surface area (Å²) >= 11 is 30.6. The van der Waals surface area contributed by atoms with E-state index >= 15 is 0 Å². The molecule has 0 aliphatic carbocycles. The maximum atomic E-state index is 13.0. The number of hydrogen-bond acceptors (Lipinski definition) is 15. The highest BCUT2D eigenvalue weighted by atomic mass is 79.9. The third-order valence-corrected chi connectivity index (χ3v) is 24.7. The van der Waals surface area contributed by atoms with Gasteiger partial charge in [0, 0.05) is 111 Å². The van der Waals surface area contributed by atoms with E-state index in [0.29, 0.717) is 110 Å². The molecule has 31 heteroatoms. The standard InChI is InChI=1S/2C18H17BrN4O.2C18H17ClN4O.C17H14Cl2N4O/c1-11-3-4-13-5-6-22(12(2)15(13)7-11)18(24)16-8-17-20-9-14(19)10-23(17)21-16;1-11-4-3-5-15-12(2)22(7-6-14(11)15)18(24)16-8-17-20-9-13(19)10-23(17)21-16;1-11-3-4-13-5-6-22(12(2)15(13)7-11)18(24)16-8-17-20-9-14(19)10-23(17)21-16;1-11-4-3-5-15-12(2)22(7-6-14(11)15)18(24)16-8-17-20-9-13(19)10-23(17)21-16;1-10-14-6-12(18)3-2-11(14)4-5-22(10)17(24)15-7-16-20-8-13(19)9-23(16)21-15/h3-4,7-10,12H,5-6H2,1-2H3;3-5,8-10,12H,6-7H2,1-2H3;3-4,7-10,12H,5-6H2,1-2H3;3-5,8-10,12H,6-7H2,1-2H3;2-3,6-10H,4-5H2,1H3. The summed E-state index contributed by atoms with van der Waals surface area (Å²) in [4.78, 5) is 95.3. The van der Waals surface area contributed by atoms with E-state index in [1.807, 2.05) is 49.6 Å². The average Bonchev–Trinajstić information content (AvgIpc) is 1.59. The summed E-state index contributed by atoms with van der Waals surface area (Å²) < 4.78 is 9.52. The number of carbonyl (C=O) groups is 5. The van der Waals surface area contributed by atoms with Gasteiger partial charge in [-0.3, -0.25) is 24.0 Å². The van der Waals surface area contributed by atoms with Crippen LogP contribution in [-0.2, 0) is 32.1 Å². The zero-order valence-electron chi connectivity index (χ0n) is 67.0. The van der Waals surface area contributed by atoms with Gasteiger partial charge in [-0.05, 0) is 205 Å². The highest BCUT2D eigenvalue weighted by molar-refractivity contribution is 9.10. The Balaban J connectivity index is 0.000000112. The fourth-order valence-electron chi connectivity index (χ4n) is 16.7. The molecule has 10 aromatic heterocycles. The van der Waals surface area contributed by atoms with Crippen LogP contribution in [-0.4, -0.2) is 160 Å². The van der Waals surface area contributed by atoms with Crippen molar-refractivity contribution in [3.8, 4) is 0 Å². The highest BCUT2D eigenvalue weighted by Gasteiger charge is 2.36. The lowest BCUT2D eigenvalue weighted by Gasteiger charge is -2.35. The molecule has 0 saturated heterocycles. The van der Waals surface area contributed by atoms with Crippen molar-refractivity contribution in [2.24, 2.45) is 0 Å². The van der Waals surface area contributed by atoms with E-state index in [9.17, 15) is 24.0 Å². The molecule has 20 rings (SSSR count). The second-order valence-corrected chi connectivity index (χ2v) is 34.3. The Morgan fingerprint density at radius 3 is 0.917 bits per heavy atom. The Kier molecular flexibility index (Phi) is 23.6. The summed E-state index contributed by atoms with van der Waals surface area (Å²) in [5.74, 6) is -0.352. The normalized spacial score (nSPS) is 17.1. The van der Waals surface area contributed by atoms with Crippen LogP contribution >= 0.6 is 78.3 Å². The fraction of sp³-hybridized carbons (Fsp3) is 0.270. The maximum Gasteiger partial charge on any atom is 0.274 e. The van der Waals surface area contributed by atoms with Crippen molar-refractivity contribution in [2.45, 2.75) is 125 Å². The van der Waals surface area contributed by atoms with E-state index in [2.05, 4.69) is 210 Å². The van der Waals surface area contributed by atoms with Gasteiger partial charge in [0.2, 0.25) is 0 Å². The molecule has 15 aromatic rings. The van der Waals surface area contributed by atoms with Gasteiger partial charge in [-0.15, -0.1) is 0 Å². The van der Waals surface area contributed by atoms with Gasteiger partial charge in [0.05, 0.1) is 72.8 Å². The quantitative estimate of drug-likeness (QED) is 0.155. The predicted molar refractivity (Wildman–Crippen MR) is 467 cm³/mol. The third kappa shape index (κ3) is 16.9. The number of benzene rings is 5. The smallest absolute Gasteiger partial charge is 0.274 e. The molecule has 15 heterocycles. The first-order valence-electron chi connectivity index (χ1n) is 39.4. The molecule has 5 aliphatic heterocycles. The molecule has 610 valence electrons. The number of rotatable bonds is 5. The summed E-state index contributed by atoms with van der Waals surface area (Å²) in [6.07, 6.45) is 20.9. The van der Waals surface area contributed by atoms with Crippen molar-refractivity contribution in [2.75, 3.05) is 32.7 Å². The Hall–Kier alpha value is -11.3. The number of fused-ring (bicyclic) bond motifs is 10. The van der Waals surface area contributed by atoms with E-state index < -0.39 is 0 Å². The molecule has 5 aromatic carbocycles. The number of nitrogens with zero attached hydrogens (tertiary/aromatic N) is 20. The second-order valence-electron chi connectivity index (χ2n) is 30.7. The number of halogens is 6. The molecule has 5 unspecified atom stereocenters. The number of carbonyl (C=O) groups excluding carboxylic acids is 5. The van der Waals surface area contributed by atoms with Crippen LogP contribution in [0, 0.1) is 27.7 Å². The minimum atomic E-state index is -0.116. The molecule has 0 spiro atoms. The van der Waals surface area contributed by atoms with Gasteiger partial charge in [-0.25, -0.2) is 47.5 Å². The molecule has 5 amide bonds. The molecule has 0 N–H and O–H groups in total. The fourth-order valence-corrected chi connectivity index (χ4v) is 17.9. The van der Waals surface area contributed by atoms with E-state index in [0.717, 1.165) is 46.6 Å². The van der Waals surface area contributed by atoms with Crippen LogP contribution in [0.25, 0.3) is 28.2 Å². The molecular formula is C89H82Br2Cl4N20O5. The van der Waals surface area contributed by atoms with Crippen LogP contribution in [0.1, 0.15) is 195 Å². The van der Waals surface area contributed by atoms with Crippen molar-refractivity contribution in [3.05, 3.63) is 319 Å². The number of aryl methyl sites for hydroxylation is 4. The molecule has 0 fully saturated rings. The van der Waals surface area contributed by atoms with Crippen LogP contribution in [0.3, 0.4) is 0 Å². The Bertz CT molecular complexity index is 5800. The molecule has 5 aliphatic rings. The first-order chi connectivity index (χ1) is 57.7. The predicted octanol–water partition coefficient (Wildman–Crippen LogP) is 17.8. The number of amides is 5. The van der Waals surface area contributed by atoms with Crippen LogP contribution in [0.2, 0.25) is 20.1 Å². The lowest BCUT2D eigenvalue weighted by Crippen LogP contribution is -2.39. The topological polar surface area (TPSA) is 252 Å². The van der Waals surface area contributed by atoms with Gasteiger partial charge >= 0.3 is 0 Å². The molecule has 120 heavy (non-hydrogen) atoms. The summed E-state index contributed by atoms with van der Waals surface area (Å²) in [5.41, 5.74) is 22.8. The number of aromatic nitrogens is 15. The summed E-state index contributed by atoms with van der Waals surface area (Å²) in [7, 11) is 0. The van der Waals surface area contributed by atoms with Crippen LogP contribution in [0.15, 0.2) is 192 Å². The van der Waals surface area contributed by atoms with Gasteiger partial charge in [0.15, 0.2) is 56.7 Å². The lowest BCUT2D eigenvalue weighted by atomic mass is 9.90. The van der Waals surface area contributed by atoms with Crippen LogP contribution in [0.5, 0.6) is 0 Å². The zero-order valence-corrected chi connectivity index (χ0v) is 73.2. The Labute approximate surface area is 728 Å². The first kappa shape index (κ1) is 82.4. The van der Waals surface area contributed by atoms with Crippen molar-refractivity contribution >= 4 is 136 Å². The molecule has 25 nitrogen and oxygen atoms in total. The zero-order chi connectivity index (χ0) is 84.2. The van der Waals surface area contributed by atoms with Gasteiger partial charge in [-0.1, -0.05) is 136 Å². The monoisotopic (exact) mass is 1810 g/mol. The summed E-state index contributed by atoms with van der Waals surface area (Å²) in [6, 6.07) is 40.1. The van der Waals surface area contributed by atoms with Gasteiger partial charge in [-0.2, -0.15) is 25.5 Å². The third-order valence-electron chi connectivity index (χ3n) is 23.1. The van der Waals surface area contributed by atoms with Crippen LogP contribution < -0.4 is 0 Å². The SMILES string of the molecule is CC1c2cc(Cl)ccc2CCN1C(=O)c1cc2ncc(Cl)cn2n1.Cc1ccc2c(c1)C(C)N(C(=O)c1cc3ncc(Br)cn3n1)CC2.Cc1ccc2c(c1)C(C)N(C(=O)c1cc3ncc(Cl)cn3n1)CC2.Cc1cccc2c1CCN(C(=O)c1cc3ncc(Br)cn3n1)C2C.Cc1cccc2c1CCN(C(=O)c1cc3ncc(Cl)cn3n1)C2C. The highest BCUT2D eigenvalue weighted by Crippen LogP contribution is 2.38. The van der Waals surface area contributed by atoms with Crippen molar-refractivity contribution < 1.29 is 24.0 Å². The number of hydrogen-bond donors (Lipinski definition) is 0. The molecular weight excluding hydrogens is 1730 g/mol. The van der Waals surface area contributed by atoms with Crippen molar-refractivity contribution in [3.63, 3.8) is 0 Å². The minimum absolute atomic E-state index is 0.0301. The van der Waals surface area contributed by atoms with Gasteiger partial charge in [0.1, 0.15) is 0 Å². The van der Waals surface area contributed by atoms with Gasteiger partial charge < -0.3 is 24.5 Å². The maximum absolute atomic E-state index is 13.0. The lowest BCUT2D eigenvalue weighted by molar-refractivity contribution is 0.0663. The first-order valence-corrected chi connectivity index (χ1v) is 42.5. The van der Waals surface area contributed by atoms with E-state index in [4.69, 9.17) is 46.4 Å². The van der Waals surface area contributed by atoms with Gasteiger partial charge in [0.25, 0.3) is 29.5 Å². The van der Waals surface area contributed by atoms with Crippen molar-refractivity contribution in [1.82, 2.24) is 97.5 Å². The summed E-state index contributed by atoms with van der Waals surface area (Å²) in [5, 5.41) is 23.9. The summed E-state index contributed by atoms with van der Waals surface area (Å²) in [6.45, 7) is 22.2. The molecule has 0 saturated carbocycles. The Morgan fingerprint density at radius 1 is 0.317 bits per heavy atom. The minimum Gasteiger partial charge on any atom is -0.330 e. The molecule has 0 radical (unpaired) electrons. The van der Waals surface area contributed by atoms with E-state index in [1.54, 1.807) is 104 Å². The van der Waals surface area contributed by atoms with E-state index in [-0.39, 0.29) is 59.7 Å². The van der Waals surface area contributed by atoms with Crippen LogP contribution in [0.4, 0.5) is 0 Å². The molecule has 0 bridgehead atoms.